The number of urea groups is 1. The van der Waals surface area contributed by atoms with E-state index in [2.05, 4.69) is 20.3 Å². The maximum atomic E-state index is 12.3. The molecule has 0 saturated carbocycles. The first kappa shape index (κ1) is 17.8. The maximum Gasteiger partial charge on any atom is 0.317 e. The summed E-state index contributed by atoms with van der Waals surface area (Å²) in [4.78, 5) is 27.2. The van der Waals surface area contributed by atoms with Crippen LogP contribution in [0.3, 0.4) is 0 Å². The van der Waals surface area contributed by atoms with E-state index in [0.29, 0.717) is 25.5 Å². The minimum atomic E-state index is -0.145. The van der Waals surface area contributed by atoms with Crippen LogP contribution in [0.5, 0.6) is 0 Å². The number of rotatable bonds is 5. The van der Waals surface area contributed by atoms with Gasteiger partial charge in [-0.15, -0.1) is 0 Å². The van der Waals surface area contributed by atoms with Crippen molar-refractivity contribution in [2.24, 2.45) is 0 Å². The third kappa shape index (κ3) is 3.82. The Bertz CT molecular complexity index is 933. The van der Waals surface area contributed by atoms with Gasteiger partial charge in [-0.05, 0) is 26.8 Å². The van der Waals surface area contributed by atoms with Crippen molar-refractivity contribution in [1.82, 2.24) is 29.7 Å². The highest BCUT2D eigenvalue weighted by molar-refractivity contribution is 5.80. The van der Waals surface area contributed by atoms with E-state index < -0.39 is 0 Å². The summed E-state index contributed by atoms with van der Waals surface area (Å²) in [7, 11) is 1.75. The Labute approximate surface area is 153 Å². The molecular weight excluding hydrogens is 328 g/mol. The number of amides is 2. The molecule has 0 aliphatic heterocycles. The molecule has 0 spiro atoms. The minimum Gasteiger partial charge on any atom is -0.336 e. The van der Waals surface area contributed by atoms with Crippen LogP contribution in [0.25, 0.3) is 10.9 Å². The number of carbonyl (C=O) groups is 1. The fourth-order valence-electron chi connectivity index (χ4n) is 2.84. The number of nitrogens with one attached hydrogen (secondary N) is 1. The molecule has 2 heterocycles. The van der Waals surface area contributed by atoms with Crippen LogP contribution in [0, 0.1) is 20.8 Å². The summed E-state index contributed by atoms with van der Waals surface area (Å²) in [6, 6.07) is 7.75. The molecule has 136 valence electrons. The van der Waals surface area contributed by atoms with Gasteiger partial charge in [-0.25, -0.2) is 19.7 Å². The maximum absolute atomic E-state index is 12.3. The lowest BCUT2D eigenvalue weighted by Crippen LogP contribution is -2.38. The molecule has 7 nitrogen and oxygen atoms in total. The van der Waals surface area contributed by atoms with Gasteiger partial charge in [0.1, 0.15) is 5.82 Å². The number of aryl methyl sites for hydroxylation is 2. The largest absolute Gasteiger partial charge is 0.336 e. The average molecular weight is 352 g/mol. The topological polar surface area (TPSA) is 75.9 Å². The Morgan fingerprint density at radius 1 is 1.15 bits per heavy atom. The molecule has 0 saturated heterocycles. The zero-order valence-corrected chi connectivity index (χ0v) is 15.7. The first-order valence-corrected chi connectivity index (χ1v) is 8.65. The van der Waals surface area contributed by atoms with E-state index in [4.69, 9.17) is 0 Å². The van der Waals surface area contributed by atoms with Crippen molar-refractivity contribution in [3.05, 3.63) is 53.5 Å². The zero-order valence-electron chi connectivity index (χ0n) is 15.7. The SMILES string of the molecule is Cc1ncn(CCNC(=O)N(C)Cc2nc(C)c3ccccc3n2)c1C. The molecule has 7 heteroatoms. The van der Waals surface area contributed by atoms with Crippen molar-refractivity contribution in [1.29, 1.82) is 0 Å². The van der Waals surface area contributed by atoms with Crippen molar-refractivity contribution in [2.45, 2.75) is 33.9 Å². The number of para-hydroxylation sites is 1. The van der Waals surface area contributed by atoms with Gasteiger partial charge in [0.05, 0.1) is 24.1 Å². The number of benzene rings is 1. The van der Waals surface area contributed by atoms with Gasteiger partial charge < -0.3 is 14.8 Å². The predicted molar refractivity (Wildman–Crippen MR) is 101 cm³/mol. The van der Waals surface area contributed by atoms with Crippen LogP contribution in [0.4, 0.5) is 4.79 Å². The van der Waals surface area contributed by atoms with Gasteiger partial charge in [0.2, 0.25) is 0 Å². The normalized spacial score (nSPS) is 10.9. The second-order valence-electron chi connectivity index (χ2n) is 6.44. The van der Waals surface area contributed by atoms with Crippen molar-refractivity contribution in [3.63, 3.8) is 0 Å². The quantitative estimate of drug-likeness (QED) is 0.766. The smallest absolute Gasteiger partial charge is 0.317 e. The molecule has 0 aliphatic rings. The highest BCUT2D eigenvalue weighted by atomic mass is 16.2. The summed E-state index contributed by atoms with van der Waals surface area (Å²) in [6.07, 6.45) is 1.80. The van der Waals surface area contributed by atoms with Crippen LogP contribution in [-0.4, -0.2) is 44.0 Å². The van der Waals surface area contributed by atoms with Crippen LogP contribution >= 0.6 is 0 Å². The van der Waals surface area contributed by atoms with Crippen molar-refractivity contribution >= 4 is 16.9 Å². The van der Waals surface area contributed by atoms with E-state index in [1.165, 1.54) is 0 Å². The summed E-state index contributed by atoms with van der Waals surface area (Å²) in [5, 5.41) is 3.96. The fourth-order valence-corrected chi connectivity index (χ4v) is 2.84. The number of carbonyl (C=O) groups excluding carboxylic acids is 1. The van der Waals surface area contributed by atoms with Crippen molar-refractivity contribution in [3.8, 4) is 0 Å². The summed E-state index contributed by atoms with van der Waals surface area (Å²) in [6.45, 7) is 7.55. The first-order chi connectivity index (χ1) is 12.5. The third-order valence-corrected chi connectivity index (χ3v) is 4.54. The Morgan fingerprint density at radius 2 is 1.92 bits per heavy atom. The average Bonchev–Trinajstić information content (AvgIpc) is 2.94. The second kappa shape index (κ2) is 7.51. The monoisotopic (exact) mass is 352 g/mol. The molecule has 3 rings (SSSR count). The number of nitrogens with zero attached hydrogens (tertiary/aromatic N) is 5. The number of hydrogen-bond acceptors (Lipinski definition) is 4. The standard InChI is InChI=1S/C19H24N6O/c1-13-15(3)25(12-21-13)10-9-20-19(26)24(4)11-18-22-14(2)16-7-5-6-8-17(16)23-18/h5-8,12H,9-11H2,1-4H3,(H,20,26). The van der Waals surface area contributed by atoms with Gasteiger partial charge in [-0.1, -0.05) is 18.2 Å². The lowest BCUT2D eigenvalue weighted by atomic mass is 10.2. The molecule has 26 heavy (non-hydrogen) atoms. The van der Waals surface area contributed by atoms with Crippen molar-refractivity contribution in [2.75, 3.05) is 13.6 Å². The minimum absolute atomic E-state index is 0.145. The first-order valence-electron chi connectivity index (χ1n) is 8.65. The summed E-state index contributed by atoms with van der Waals surface area (Å²) >= 11 is 0. The van der Waals surface area contributed by atoms with Gasteiger partial charge >= 0.3 is 6.03 Å². The fraction of sp³-hybridized carbons (Fsp3) is 0.368. The highest BCUT2D eigenvalue weighted by Crippen LogP contribution is 2.15. The molecule has 0 aliphatic carbocycles. The predicted octanol–water partition coefficient (Wildman–Crippen LogP) is 2.59. The van der Waals surface area contributed by atoms with Gasteiger partial charge in [0, 0.05) is 36.9 Å². The Balaban J connectivity index is 1.58. The molecule has 0 fully saturated rings. The van der Waals surface area contributed by atoms with Gasteiger partial charge in [-0.3, -0.25) is 0 Å². The number of fused-ring (bicyclic) bond motifs is 1. The summed E-state index contributed by atoms with van der Waals surface area (Å²) in [5.41, 5.74) is 3.95. The Hall–Kier alpha value is -2.96. The van der Waals surface area contributed by atoms with E-state index in [1.54, 1.807) is 18.3 Å². The lowest BCUT2D eigenvalue weighted by molar-refractivity contribution is 0.205. The van der Waals surface area contributed by atoms with Crippen molar-refractivity contribution < 1.29 is 4.79 Å². The molecule has 3 aromatic rings. The van der Waals surface area contributed by atoms with Crippen LogP contribution in [0.1, 0.15) is 22.9 Å². The summed E-state index contributed by atoms with van der Waals surface area (Å²) < 4.78 is 2.03. The molecule has 2 amide bonds. The third-order valence-electron chi connectivity index (χ3n) is 4.54. The van der Waals surface area contributed by atoms with Gasteiger partial charge in [0.15, 0.2) is 0 Å². The van der Waals surface area contributed by atoms with Crippen LogP contribution in [-0.2, 0) is 13.1 Å². The van der Waals surface area contributed by atoms with Crippen LogP contribution < -0.4 is 5.32 Å². The van der Waals surface area contributed by atoms with E-state index in [1.807, 2.05) is 49.6 Å². The molecule has 0 bridgehead atoms. The van der Waals surface area contributed by atoms with E-state index in [0.717, 1.165) is 28.0 Å². The lowest BCUT2D eigenvalue weighted by Gasteiger charge is -2.18. The number of hydrogen-bond donors (Lipinski definition) is 1. The second-order valence-corrected chi connectivity index (χ2v) is 6.44. The van der Waals surface area contributed by atoms with Crippen LogP contribution in [0.2, 0.25) is 0 Å². The van der Waals surface area contributed by atoms with E-state index in [9.17, 15) is 4.79 Å². The zero-order chi connectivity index (χ0) is 18.7. The van der Waals surface area contributed by atoms with Gasteiger partial charge in [0.25, 0.3) is 0 Å². The summed E-state index contributed by atoms with van der Waals surface area (Å²) in [5.74, 6) is 0.639. The van der Waals surface area contributed by atoms with Crippen LogP contribution in [0.15, 0.2) is 30.6 Å². The molecule has 0 radical (unpaired) electrons. The molecule has 0 unspecified atom stereocenters. The molecule has 2 aromatic heterocycles. The molecule has 1 N–H and O–H groups in total. The molecular formula is C19H24N6O. The highest BCUT2D eigenvalue weighted by Gasteiger charge is 2.12. The Kier molecular flexibility index (Phi) is 5.16. The molecule has 1 aromatic carbocycles. The number of imidazole rings is 1. The van der Waals surface area contributed by atoms with Gasteiger partial charge in [-0.2, -0.15) is 0 Å². The molecule has 0 atom stereocenters. The Morgan fingerprint density at radius 3 is 2.65 bits per heavy atom. The van der Waals surface area contributed by atoms with E-state index >= 15 is 0 Å². The number of aromatic nitrogens is 4. The van der Waals surface area contributed by atoms with E-state index in [-0.39, 0.29) is 6.03 Å².